The van der Waals surface area contributed by atoms with Crippen molar-refractivity contribution >= 4 is 21.6 Å². The van der Waals surface area contributed by atoms with Crippen LogP contribution < -0.4 is 15.0 Å². The molecule has 0 bridgehead atoms. The first kappa shape index (κ1) is 14.7. The Kier molecular flexibility index (Phi) is 5.52. The van der Waals surface area contributed by atoms with E-state index in [0.29, 0.717) is 6.04 Å². The molecule has 0 radical (unpaired) electrons. The zero-order chi connectivity index (χ0) is 13.7. The summed E-state index contributed by atoms with van der Waals surface area (Å²) in [5.74, 6) is 0.933. The second kappa shape index (κ2) is 7.15. The third kappa shape index (κ3) is 4.11. The minimum atomic E-state index is 0.675. The minimum Gasteiger partial charge on any atom is -0.495 e. The van der Waals surface area contributed by atoms with Crippen molar-refractivity contribution in [3.05, 3.63) is 22.7 Å². The first-order valence-electron chi connectivity index (χ1n) is 6.99. The van der Waals surface area contributed by atoms with E-state index in [-0.39, 0.29) is 0 Å². The number of anilines is 1. The largest absolute Gasteiger partial charge is 0.495 e. The molecule has 1 aliphatic heterocycles. The van der Waals surface area contributed by atoms with Gasteiger partial charge in [0.1, 0.15) is 5.75 Å². The molecule has 0 spiro atoms. The van der Waals surface area contributed by atoms with E-state index < -0.39 is 0 Å². The Bertz CT molecular complexity index is 405. The number of ether oxygens (including phenoxy) is 1. The van der Waals surface area contributed by atoms with Gasteiger partial charge in [0.05, 0.1) is 12.8 Å². The summed E-state index contributed by atoms with van der Waals surface area (Å²) in [5, 5.41) is 3.60. The van der Waals surface area contributed by atoms with Gasteiger partial charge >= 0.3 is 0 Å². The predicted octanol–water partition coefficient (Wildman–Crippen LogP) is 3.43. The van der Waals surface area contributed by atoms with Crippen molar-refractivity contribution in [1.82, 2.24) is 5.32 Å². The van der Waals surface area contributed by atoms with Gasteiger partial charge in [0.25, 0.3) is 0 Å². The highest BCUT2D eigenvalue weighted by Crippen LogP contribution is 2.30. The zero-order valence-electron chi connectivity index (χ0n) is 11.8. The van der Waals surface area contributed by atoms with Gasteiger partial charge in [0.15, 0.2) is 0 Å². The fraction of sp³-hybridized carbons (Fsp3) is 0.600. The number of nitrogens with one attached hydrogen (secondary N) is 1. The van der Waals surface area contributed by atoms with E-state index in [4.69, 9.17) is 4.74 Å². The van der Waals surface area contributed by atoms with Gasteiger partial charge in [0, 0.05) is 24.1 Å². The van der Waals surface area contributed by atoms with Gasteiger partial charge in [-0.05, 0) is 44.0 Å². The van der Waals surface area contributed by atoms with Crippen molar-refractivity contribution in [3.63, 3.8) is 0 Å². The second-order valence-electron chi connectivity index (χ2n) is 5.17. The van der Waals surface area contributed by atoms with Crippen molar-refractivity contribution in [2.45, 2.75) is 31.7 Å². The Labute approximate surface area is 124 Å². The van der Waals surface area contributed by atoms with Crippen molar-refractivity contribution in [1.29, 1.82) is 0 Å². The molecule has 4 heteroatoms. The van der Waals surface area contributed by atoms with Crippen LogP contribution in [0.25, 0.3) is 0 Å². The lowest BCUT2D eigenvalue weighted by Crippen LogP contribution is -2.36. The zero-order valence-corrected chi connectivity index (χ0v) is 13.4. The van der Waals surface area contributed by atoms with E-state index in [1.807, 2.05) is 12.1 Å². The van der Waals surface area contributed by atoms with Gasteiger partial charge in [-0.15, -0.1) is 0 Å². The molecule has 3 nitrogen and oxygen atoms in total. The van der Waals surface area contributed by atoms with Crippen molar-refractivity contribution < 1.29 is 4.74 Å². The number of benzene rings is 1. The van der Waals surface area contributed by atoms with Crippen LogP contribution in [-0.4, -0.2) is 33.3 Å². The number of piperidine rings is 1. The maximum absolute atomic E-state index is 5.44. The Morgan fingerprint density at radius 1 is 1.42 bits per heavy atom. The number of halogens is 1. The maximum Gasteiger partial charge on any atom is 0.142 e. The van der Waals surface area contributed by atoms with Gasteiger partial charge in [-0.3, -0.25) is 0 Å². The molecule has 106 valence electrons. The SMILES string of the molecule is COc1ccc(Br)cc1N(C)CCC1CCCCN1. The lowest BCUT2D eigenvalue weighted by molar-refractivity contribution is 0.383. The summed E-state index contributed by atoms with van der Waals surface area (Å²) < 4.78 is 6.52. The van der Waals surface area contributed by atoms with Crippen LogP contribution in [0.15, 0.2) is 22.7 Å². The first-order valence-corrected chi connectivity index (χ1v) is 7.78. The Balaban J connectivity index is 1.94. The molecule has 0 amide bonds. The number of hydrogen-bond donors (Lipinski definition) is 1. The van der Waals surface area contributed by atoms with E-state index in [1.54, 1.807) is 7.11 Å². The molecule has 19 heavy (non-hydrogen) atoms. The quantitative estimate of drug-likeness (QED) is 0.897. The molecule has 1 aromatic rings. The van der Waals surface area contributed by atoms with Gasteiger partial charge in [-0.2, -0.15) is 0 Å². The summed E-state index contributed by atoms with van der Waals surface area (Å²) in [6, 6.07) is 6.81. The molecule has 1 fully saturated rings. The molecular weight excluding hydrogens is 304 g/mol. The number of rotatable bonds is 5. The molecule has 1 aromatic carbocycles. The molecule has 1 saturated heterocycles. The van der Waals surface area contributed by atoms with Gasteiger partial charge in [-0.1, -0.05) is 22.4 Å². The summed E-state index contributed by atoms with van der Waals surface area (Å²) in [4.78, 5) is 2.28. The second-order valence-corrected chi connectivity index (χ2v) is 6.09. The van der Waals surface area contributed by atoms with Gasteiger partial charge in [-0.25, -0.2) is 0 Å². The third-order valence-corrected chi connectivity index (χ3v) is 4.27. The Morgan fingerprint density at radius 3 is 2.95 bits per heavy atom. The summed E-state index contributed by atoms with van der Waals surface area (Å²) in [6.45, 7) is 2.22. The average molecular weight is 327 g/mol. The van der Waals surface area contributed by atoms with Crippen LogP contribution in [-0.2, 0) is 0 Å². The van der Waals surface area contributed by atoms with Crippen LogP contribution in [0, 0.1) is 0 Å². The van der Waals surface area contributed by atoms with Crippen LogP contribution in [0.3, 0.4) is 0 Å². The molecule has 1 unspecified atom stereocenters. The van der Waals surface area contributed by atoms with E-state index >= 15 is 0 Å². The molecule has 0 aromatic heterocycles. The van der Waals surface area contributed by atoms with Crippen molar-refractivity contribution in [3.8, 4) is 5.75 Å². The highest BCUT2D eigenvalue weighted by atomic mass is 79.9. The summed E-state index contributed by atoms with van der Waals surface area (Å²) >= 11 is 3.53. The van der Waals surface area contributed by atoms with E-state index in [1.165, 1.54) is 32.2 Å². The number of nitrogens with zero attached hydrogens (tertiary/aromatic N) is 1. The maximum atomic E-state index is 5.44. The smallest absolute Gasteiger partial charge is 0.142 e. The first-order chi connectivity index (χ1) is 9.20. The van der Waals surface area contributed by atoms with Crippen molar-refractivity contribution in [2.24, 2.45) is 0 Å². The number of hydrogen-bond acceptors (Lipinski definition) is 3. The summed E-state index contributed by atoms with van der Waals surface area (Å²) in [6.07, 6.45) is 5.18. The van der Waals surface area contributed by atoms with E-state index in [9.17, 15) is 0 Å². The molecule has 1 heterocycles. The molecule has 0 aliphatic carbocycles. The van der Waals surface area contributed by atoms with E-state index in [0.717, 1.165) is 22.5 Å². The molecule has 1 N–H and O–H groups in total. The van der Waals surface area contributed by atoms with Crippen LogP contribution in [0.4, 0.5) is 5.69 Å². The lowest BCUT2D eigenvalue weighted by Gasteiger charge is -2.27. The van der Waals surface area contributed by atoms with E-state index in [2.05, 4.69) is 39.3 Å². The highest BCUT2D eigenvalue weighted by molar-refractivity contribution is 9.10. The molecule has 1 atom stereocenters. The molecule has 0 saturated carbocycles. The summed E-state index contributed by atoms with van der Waals surface area (Å²) in [5.41, 5.74) is 1.15. The van der Waals surface area contributed by atoms with Gasteiger partial charge < -0.3 is 15.0 Å². The number of methoxy groups -OCH3 is 1. The van der Waals surface area contributed by atoms with Crippen LogP contribution in [0.1, 0.15) is 25.7 Å². The van der Waals surface area contributed by atoms with Crippen molar-refractivity contribution in [2.75, 3.05) is 32.1 Å². The molecule has 1 aliphatic rings. The normalized spacial score (nSPS) is 19.2. The predicted molar refractivity (Wildman–Crippen MR) is 84.2 cm³/mol. The average Bonchev–Trinajstić information content (AvgIpc) is 2.46. The van der Waals surface area contributed by atoms with Crippen LogP contribution in [0.2, 0.25) is 0 Å². The Hall–Kier alpha value is -0.740. The highest BCUT2D eigenvalue weighted by Gasteiger charge is 2.14. The third-order valence-electron chi connectivity index (χ3n) is 3.78. The Morgan fingerprint density at radius 2 is 2.26 bits per heavy atom. The monoisotopic (exact) mass is 326 g/mol. The summed E-state index contributed by atoms with van der Waals surface area (Å²) in [7, 11) is 3.86. The lowest BCUT2D eigenvalue weighted by atomic mass is 10.0. The fourth-order valence-electron chi connectivity index (χ4n) is 2.60. The fourth-order valence-corrected chi connectivity index (χ4v) is 2.95. The van der Waals surface area contributed by atoms with Gasteiger partial charge in [0.2, 0.25) is 0 Å². The standard InChI is InChI=1S/C15H23BrN2O/c1-18(10-8-13-5-3-4-9-17-13)14-11-12(16)6-7-15(14)19-2/h6-7,11,13,17H,3-5,8-10H2,1-2H3. The molecule has 2 rings (SSSR count). The molecular formula is C15H23BrN2O. The van der Waals surface area contributed by atoms with Crippen LogP contribution >= 0.6 is 15.9 Å². The van der Waals surface area contributed by atoms with Crippen LogP contribution in [0.5, 0.6) is 5.75 Å². The minimum absolute atomic E-state index is 0.675. The topological polar surface area (TPSA) is 24.5 Å².